The standard InChI is InChI=1S/C18H17BrFN3O4/c1-22-15-4-5-23(8-11(25)9-24)18(27)17(15)14(7-16(22)26)21-13-3-2-10(19)6-12(13)20/h2-7,11,21,24-25H,8-9H2,1H3/t11-/m0/s1. The third kappa shape index (κ3) is 3.80. The monoisotopic (exact) mass is 437 g/mol. The van der Waals surface area contributed by atoms with Crippen molar-refractivity contribution in [3.63, 3.8) is 0 Å². The molecule has 142 valence electrons. The predicted octanol–water partition coefficient (Wildman–Crippen LogP) is 1.70. The maximum atomic E-state index is 14.2. The number of pyridine rings is 2. The number of aliphatic hydroxyl groups excluding tert-OH is 2. The average Bonchev–Trinajstić information content (AvgIpc) is 2.63. The fourth-order valence-electron chi connectivity index (χ4n) is 2.77. The van der Waals surface area contributed by atoms with Gasteiger partial charge in [-0.05, 0) is 24.3 Å². The van der Waals surface area contributed by atoms with Gasteiger partial charge in [0.2, 0.25) is 0 Å². The van der Waals surface area contributed by atoms with Crippen LogP contribution in [0.1, 0.15) is 0 Å². The number of halogens is 2. The first-order chi connectivity index (χ1) is 12.8. The van der Waals surface area contributed by atoms with Crippen LogP contribution in [0.15, 0.2) is 50.6 Å². The van der Waals surface area contributed by atoms with Crippen molar-refractivity contribution in [3.8, 4) is 0 Å². The van der Waals surface area contributed by atoms with Gasteiger partial charge in [0.25, 0.3) is 11.1 Å². The van der Waals surface area contributed by atoms with E-state index in [0.29, 0.717) is 9.99 Å². The van der Waals surface area contributed by atoms with Crippen LogP contribution in [0.5, 0.6) is 0 Å². The van der Waals surface area contributed by atoms with Crippen LogP contribution < -0.4 is 16.4 Å². The molecule has 0 unspecified atom stereocenters. The molecule has 2 aromatic heterocycles. The molecule has 0 bridgehead atoms. The highest BCUT2D eigenvalue weighted by Crippen LogP contribution is 2.26. The number of aliphatic hydroxyl groups is 2. The molecule has 0 aliphatic carbocycles. The van der Waals surface area contributed by atoms with E-state index in [9.17, 15) is 19.1 Å². The van der Waals surface area contributed by atoms with Crippen molar-refractivity contribution in [2.45, 2.75) is 12.6 Å². The molecule has 0 saturated carbocycles. The second-order valence-corrected chi connectivity index (χ2v) is 6.99. The first kappa shape index (κ1) is 19.3. The summed E-state index contributed by atoms with van der Waals surface area (Å²) in [6, 6.07) is 7.16. The highest BCUT2D eigenvalue weighted by atomic mass is 79.9. The first-order valence-corrected chi connectivity index (χ1v) is 8.85. The second-order valence-electron chi connectivity index (χ2n) is 6.07. The Morgan fingerprint density at radius 1 is 1.22 bits per heavy atom. The van der Waals surface area contributed by atoms with Gasteiger partial charge in [-0.15, -0.1) is 0 Å². The third-order valence-electron chi connectivity index (χ3n) is 4.19. The number of benzene rings is 1. The Morgan fingerprint density at radius 3 is 2.63 bits per heavy atom. The van der Waals surface area contributed by atoms with Crippen LogP contribution in [0.25, 0.3) is 10.9 Å². The Balaban J connectivity index is 2.21. The molecule has 0 spiro atoms. The van der Waals surface area contributed by atoms with Gasteiger partial charge in [0.1, 0.15) is 5.82 Å². The average molecular weight is 438 g/mol. The van der Waals surface area contributed by atoms with Crippen molar-refractivity contribution in [2.75, 3.05) is 11.9 Å². The van der Waals surface area contributed by atoms with E-state index >= 15 is 0 Å². The largest absolute Gasteiger partial charge is 0.394 e. The molecule has 0 fully saturated rings. The molecule has 7 nitrogen and oxygen atoms in total. The summed E-state index contributed by atoms with van der Waals surface area (Å²) in [5.74, 6) is -0.551. The van der Waals surface area contributed by atoms with Gasteiger partial charge in [-0.2, -0.15) is 0 Å². The summed E-state index contributed by atoms with van der Waals surface area (Å²) in [4.78, 5) is 25.2. The van der Waals surface area contributed by atoms with Gasteiger partial charge in [0.05, 0.1) is 41.5 Å². The molecule has 1 aromatic carbocycles. The first-order valence-electron chi connectivity index (χ1n) is 8.06. The van der Waals surface area contributed by atoms with Gasteiger partial charge < -0.3 is 24.7 Å². The van der Waals surface area contributed by atoms with Crippen LogP contribution in [0, 0.1) is 5.82 Å². The third-order valence-corrected chi connectivity index (χ3v) is 4.68. The van der Waals surface area contributed by atoms with Gasteiger partial charge >= 0.3 is 0 Å². The zero-order valence-electron chi connectivity index (χ0n) is 14.3. The molecule has 3 rings (SSSR count). The van der Waals surface area contributed by atoms with Crippen LogP contribution in [0.2, 0.25) is 0 Å². The smallest absolute Gasteiger partial charge is 0.262 e. The minimum atomic E-state index is -1.10. The van der Waals surface area contributed by atoms with E-state index in [2.05, 4.69) is 21.2 Å². The van der Waals surface area contributed by atoms with Crippen molar-refractivity contribution in [1.29, 1.82) is 0 Å². The lowest BCUT2D eigenvalue weighted by atomic mass is 10.2. The van der Waals surface area contributed by atoms with E-state index < -0.39 is 24.1 Å². The highest BCUT2D eigenvalue weighted by Gasteiger charge is 2.15. The van der Waals surface area contributed by atoms with Gasteiger partial charge in [0, 0.05) is 23.8 Å². The number of nitrogens with zero attached hydrogens (tertiary/aromatic N) is 2. The maximum Gasteiger partial charge on any atom is 0.262 e. The summed E-state index contributed by atoms with van der Waals surface area (Å²) >= 11 is 3.17. The molecule has 0 saturated heterocycles. The molecule has 1 atom stereocenters. The van der Waals surface area contributed by atoms with Gasteiger partial charge in [-0.1, -0.05) is 15.9 Å². The van der Waals surface area contributed by atoms with Crippen molar-refractivity contribution < 1.29 is 14.6 Å². The number of fused-ring (bicyclic) bond motifs is 1. The second kappa shape index (κ2) is 7.63. The van der Waals surface area contributed by atoms with Gasteiger partial charge in [-0.25, -0.2) is 4.39 Å². The van der Waals surface area contributed by atoms with E-state index in [4.69, 9.17) is 5.11 Å². The minimum absolute atomic E-state index is 0.109. The highest BCUT2D eigenvalue weighted by molar-refractivity contribution is 9.10. The number of nitrogens with one attached hydrogen (secondary N) is 1. The van der Waals surface area contributed by atoms with Crippen molar-refractivity contribution in [2.24, 2.45) is 7.05 Å². The maximum absolute atomic E-state index is 14.2. The molecule has 2 heterocycles. The predicted molar refractivity (Wildman–Crippen MR) is 104 cm³/mol. The van der Waals surface area contributed by atoms with E-state index in [1.807, 2.05) is 0 Å². The summed E-state index contributed by atoms with van der Waals surface area (Å²) < 4.78 is 17.3. The molecular weight excluding hydrogens is 421 g/mol. The van der Waals surface area contributed by atoms with E-state index in [0.717, 1.165) is 0 Å². The number of aryl methyl sites for hydroxylation is 1. The summed E-state index contributed by atoms with van der Waals surface area (Å²) in [6.45, 7) is -0.604. The minimum Gasteiger partial charge on any atom is -0.394 e. The number of rotatable bonds is 5. The number of aromatic nitrogens is 2. The van der Waals surface area contributed by atoms with E-state index in [-0.39, 0.29) is 28.9 Å². The van der Waals surface area contributed by atoms with Gasteiger partial charge in [0.15, 0.2) is 0 Å². The lowest BCUT2D eigenvalue weighted by Gasteiger charge is -2.15. The number of hydrogen-bond donors (Lipinski definition) is 3. The summed E-state index contributed by atoms with van der Waals surface area (Å²) in [7, 11) is 1.53. The van der Waals surface area contributed by atoms with Crippen LogP contribution in [0.3, 0.4) is 0 Å². The topological polar surface area (TPSA) is 96.5 Å². The van der Waals surface area contributed by atoms with Crippen LogP contribution in [-0.2, 0) is 13.6 Å². The van der Waals surface area contributed by atoms with Crippen LogP contribution >= 0.6 is 15.9 Å². The fraction of sp³-hybridized carbons (Fsp3) is 0.222. The normalized spacial score (nSPS) is 12.3. The molecule has 9 heteroatoms. The molecule has 0 aliphatic heterocycles. The lowest BCUT2D eigenvalue weighted by molar-refractivity contribution is 0.0805. The number of hydrogen-bond acceptors (Lipinski definition) is 5. The molecular formula is C18H17BrFN3O4. The molecule has 27 heavy (non-hydrogen) atoms. The molecule has 3 aromatic rings. The van der Waals surface area contributed by atoms with Crippen molar-refractivity contribution >= 4 is 38.2 Å². The van der Waals surface area contributed by atoms with E-state index in [1.165, 1.54) is 40.6 Å². The Kier molecular flexibility index (Phi) is 5.45. The molecule has 0 amide bonds. The Labute approximate surface area is 161 Å². The molecule has 3 N–H and O–H groups in total. The zero-order valence-corrected chi connectivity index (χ0v) is 15.9. The van der Waals surface area contributed by atoms with Crippen molar-refractivity contribution in [3.05, 3.63) is 67.5 Å². The molecule has 0 aliphatic rings. The van der Waals surface area contributed by atoms with E-state index in [1.54, 1.807) is 12.1 Å². The Hall–Kier alpha value is -2.49. The number of anilines is 2. The van der Waals surface area contributed by atoms with Crippen molar-refractivity contribution in [1.82, 2.24) is 9.13 Å². The summed E-state index contributed by atoms with van der Waals surface area (Å²) in [6.07, 6.45) is 0.334. The Bertz CT molecular complexity index is 1130. The SMILES string of the molecule is Cn1c(=O)cc(Nc2ccc(Br)cc2F)c2c(=O)n(C[C@H](O)CO)ccc21. The molecule has 0 radical (unpaired) electrons. The summed E-state index contributed by atoms with van der Waals surface area (Å²) in [5, 5.41) is 21.6. The quantitative estimate of drug-likeness (QED) is 0.564. The van der Waals surface area contributed by atoms with Gasteiger partial charge in [-0.3, -0.25) is 9.59 Å². The van der Waals surface area contributed by atoms with Crippen LogP contribution in [0.4, 0.5) is 15.8 Å². The Morgan fingerprint density at radius 2 is 1.96 bits per heavy atom. The lowest BCUT2D eigenvalue weighted by Crippen LogP contribution is -2.30. The summed E-state index contributed by atoms with van der Waals surface area (Å²) in [5.41, 5.74) is -0.210. The fourth-order valence-corrected chi connectivity index (χ4v) is 3.10. The zero-order chi connectivity index (χ0) is 19.7. The van der Waals surface area contributed by atoms with Crippen LogP contribution in [-0.4, -0.2) is 32.1 Å².